The number of hydrogen-bond donors (Lipinski definition) is 0. The van der Waals surface area contributed by atoms with Crippen molar-refractivity contribution in [2.24, 2.45) is 0 Å². The van der Waals surface area contributed by atoms with Crippen molar-refractivity contribution < 1.29 is 4.74 Å². The normalized spacial score (nSPS) is 13.9. The van der Waals surface area contributed by atoms with Gasteiger partial charge in [0, 0.05) is 27.2 Å². The van der Waals surface area contributed by atoms with Gasteiger partial charge in [-0.1, -0.05) is 236 Å². The topological polar surface area (TPSA) is 12.5 Å². The molecule has 3 aliphatic heterocycles. The zero-order valence-electron chi connectivity index (χ0n) is 36.1. The Hall–Kier alpha value is -7.35. The van der Waals surface area contributed by atoms with Crippen molar-refractivity contribution in [2.75, 3.05) is 4.90 Å². The molecule has 0 unspecified atom stereocenters. The Kier molecular flexibility index (Phi) is 9.27. The Bertz CT molecular complexity index is 3260. The lowest BCUT2D eigenvalue weighted by Crippen LogP contribution is -2.77. The molecule has 0 amide bonds. The first-order valence-corrected chi connectivity index (χ1v) is 27.6. The standard InChI is InChI=1S/C60H42BNOSSi2/c1-6-22-44(23-7-1)65(45-24-8-2-9-25-45,46-26-10-3-11-27-46)49-38-39-51-56(42-49)64-57-41-43(40-55-60(57)61(51)50-32-16-19-35-54(50)63-55)62-52-33-17-20-36-58(52)66(47-28-12-4-13-29-47,48-30-14-5-15-31-48)59-37-21-18-34-53(59)62/h1-42H. The maximum absolute atomic E-state index is 7.05. The molecule has 6 heteroatoms. The Morgan fingerprint density at radius 3 is 1.44 bits per heavy atom. The average Bonchev–Trinajstić information content (AvgIpc) is 3.39. The van der Waals surface area contributed by atoms with Gasteiger partial charge in [-0.05, 0) is 82.8 Å². The van der Waals surface area contributed by atoms with Crippen molar-refractivity contribution in [2.45, 2.75) is 9.79 Å². The van der Waals surface area contributed by atoms with Crippen molar-refractivity contribution >= 4 is 110 Å². The van der Waals surface area contributed by atoms with E-state index in [1.165, 1.54) is 79.0 Å². The van der Waals surface area contributed by atoms with Gasteiger partial charge in [-0.3, -0.25) is 0 Å². The highest BCUT2D eigenvalue weighted by atomic mass is 32.2. The lowest BCUT2D eigenvalue weighted by Gasteiger charge is -2.45. The number of rotatable bonds is 7. The highest BCUT2D eigenvalue weighted by Gasteiger charge is 2.50. The summed E-state index contributed by atoms with van der Waals surface area (Å²) in [5.74, 6) is 1.84. The minimum Gasteiger partial charge on any atom is -0.458 e. The largest absolute Gasteiger partial charge is 0.458 e. The monoisotopic (exact) mass is 891 g/mol. The van der Waals surface area contributed by atoms with E-state index in [2.05, 4.69) is 260 Å². The van der Waals surface area contributed by atoms with Crippen LogP contribution in [0.2, 0.25) is 0 Å². The molecule has 0 bridgehead atoms. The van der Waals surface area contributed by atoms with E-state index < -0.39 is 16.1 Å². The summed E-state index contributed by atoms with van der Waals surface area (Å²) in [4.78, 5) is 5.04. The molecule has 310 valence electrons. The van der Waals surface area contributed by atoms with Crippen LogP contribution in [0.5, 0.6) is 11.5 Å². The van der Waals surface area contributed by atoms with Gasteiger partial charge < -0.3 is 9.64 Å². The summed E-state index contributed by atoms with van der Waals surface area (Å²) in [6, 6.07) is 95.5. The summed E-state index contributed by atoms with van der Waals surface area (Å²) in [5.41, 5.74) is 7.30. The molecule has 0 saturated carbocycles. The maximum atomic E-state index is 7.05. The SMILES string of the molecule is c1ccc([Si](c2ccccc2)(c2ccccc2)c2ccc3c(c2)Sc2cc(N4c5ccccc5[Si](c5ccccc5)(c5ccccc5)c5ccccc54)cc4c2B3c2ccccc2O4)cc1. The summed E-state index contributed by atoms with van der Waals surface area (Å²) in [7, 11) is -5.56. The molecule has 3 heterocycles. The molecule has 0 saturated heterocycles. The van der Waals surface area contributed by atoms with Gasteiger partial charge in [0.25, 0.3) is 6.71 Å². The minimum atomic E-state index is -2.78. The Labute approximate surface area is 393 Å². The number of fused-ring (bicyclic) bond motifs is 6. The number of anilines is 3. The molecule has 0 aromatic heterocycles. The van der Waals surface area contributed by atoms with E-state index in [-0.39, 0.29) is 6.71 Å². The molecule has 66 heavy (non-hydrogen) atoms. The number of hydrogen-bond acceptors (Lipinski definition) is 3. The van der Waals surface area contributed by atoms with Crippen LogP contribution in [0.3, 0.4) is 0 Å². The van der Waals surface area contributed by atoms with Crippen LogP contribution in [0.25, 0.3) is 0 Å². The molecule has 0 aliphatic carbocycles. The molecule has 0 atom stereocenters. The van der Waals surface area contributed by atoms with Gasteiger partial charge in [0.15, 0.2) is 16.1 Å². The molecule has 2 nitrogen and oxygen atoms in total. The van der Waals surface area contributed by atoms with Gasteiger partial charge in [-0.25, -0.2) is 0 Å². The van der Waals surface area contributed by atoms with E-state index in [9.17, 15) is 0 Å². The van der Waals surface area contributed by atoms with E-state index in [1.807, 2.05) is 11.8 Å². The smallest absolute Gasteiger partial charge is 0.253 e. The summed E-state index contributed by atoms with van der Waals surface area (Å²) in [6.07, 6.45) is 0. The summed E-state index contributed by atoms with van der Waals surface area (Å²) in [6.45, 7) is 0.0256. The number of para-hydroxylation sites is 3. The average molecular weight is 892 g/mol. The maximum Gasteiger partial charge on any atom is 0.253 e. The van der Waals surface area contributed by atoms with Crippen LogP contribution in [-0.2, 0) is 0 Å². The predicted octanol–water partition coefficient (Wildman–Crippen LogP) is 7.31. The third-order valence-corrected chi connectivity index (χ3v) is 25.0. The highest BCUT2D eigenvalue weighted by molar-refractivity contribution is 8.00. The predicted molar refractivity (Wildman–Crippen MR) is 284 cm³/mol. The first-order valence-electron chi connectivity index (χ1n) is 22.8. The van der Waals surface area contributed by atoms with Crippen LogP contribution in [-0.4, -0.2) is 22.9 Å². The number of benzene rings is 10. The minimum absolute atomic E-state index is 0.0256. The zero-order chi connectivity index (χ0) is 43.7. The second-order valence-electron chi connectivity index (χ2n) is 17.5. The van der Waals surface area contributed by atoms with Crippen molar-refractivity contribution in [3.8, 4) is 11.5 Å². The van der Waals surface area contributed by atoms with E-state index in [4.69, 9.17) is 4.74 Å². The Balaban J connectivity index is 1.04. The number of nitrogens with zero attached hydrogens (tertiary/aromatic N) is 1. The van der Waals surface area contributed by atoms with Crippen LogP contribution >= 0.6 is 11.8 Å². The summed E-state index contributed by atoms with van der Waals surface area (Å²) in [5, 5.41) is 11.0. The van der Waals surface area contributed by atoms with Crippen molar-refractivity contribution in [1.29, 1.82) is 0 Å². The van der Waals surface area contributed by atoms with E-state index in [1.54, 1.807) is 0 Å². The molecule has 3 aliphatic rings. The Morgan fingerprint density at radius 1 is 0.394 bits per heavy atom. The molecule has 13 rings (SSSR count). The fraction of sp³-hybridized carbons (Fsp3) is 0. The van der Waals surface area contributed by atoms with Crippen LogP contribution in [0.1, 0.15) is 0 Å². The molecule has 0 N–H and O–H groups in total. The van der Waals surface area contributed by atoms with Crippen molar-refractivity contribution in [3.63, 3.8) is 0 Å². The first kappa shape index (κ1) is 39.1. The van der Waals surface area contributed by atoms with Crippen molar-refractivity contribution in [1.82, 2.24) is 0 Å². The first-order chi connectivity index (χ1) is 32.7. The third kappa shape index (κ3) is 5.75. The second-order valence-corrected chi connectivity index (χ2v) is 26.1. The molecule has 0 spiro atoms. The molecule has 10 aromatic rings. The van der Waals surface area contributed by atoms with Crippen LogP contribution in [0.15, 0.2) is 265 Å². The van der Waals surface area contributed by atoms with Crippen LogP contribution in [0, 0.1) is 0 Å². The van der Waals surface area contributed by atoms with E-state index in [0.29, 0.717) is 0 Å². The van der Waals surface area contributed by atoms with Crippen LogP contribution in [0.4, 0.5) is 17.1 Å². The lowest BCUT2D eigenvalue weighted by molar-refractivity contribution is 0.486. The van der Waals surface area contributed by atoms with E-state index >= 15 is 0 Å². The van der Waals surface area contributed by atoms with Gasteiger partial charge in [-0.15, -0.1) is 0 Å². The van der Waals surface area contributed by atoms with Gasteiger partial charge in [0.1, 0.15) is 11.5 Å². The van der Waals surface area contributed by atoms with Gasteiger partial charge in [0.05, 0.1) is 5.69 Å². The lowest BCUT2D eigenvalue weighted by atomic mass is 9.35. The van der Waals surface area contributed by atoms with Crippen LogP contribution < -0.4 is 67.5 Å². The van der Waals surface area contributed by atoms with Gasteiger partial charge in [0.2, 0.25) is 0 Å². The van der Waals surface area contributed by atoms with Gasteiger partial charge in [-0.2, -0.15) is 0 Å². The Morgan fingerprint density at radius 2 is 0.879 bits per heavy atom. The summed E-state index contributed by atoms with van der Waals surface area (Å²) >= 11 is 1.90. The number of ether oxygens (including phenoxy) is 1. The molecular weight excluding hydrogens is 850 g/mol. The fourth-order valence-electron chi connectivity index (χ4n) is 11.5. The quantitative estimate of drug-likeness (QED) is 0.123. The molecular formula is C60H42BNOSSi2. The zero-order valence-corrected chi connectivity index (χ0v) is 38.9. The third-order valence-electron chi connectivity index (χ3n) is 14.2. The van der Waals surface area contributed by atoms with E-state index in [0.717, 1.165) is 17.2 Å². The fourth-order valence-corrected chi connectivity index (χ4v) is 22.8. The summed E-state index contributed by atoms with van der Waals surface area (Å²) < 4.78 is 7.05. The van der Waals surface area contributed by atoms with Crippen molar-refractivity contribution in [3.05, 3.63) is 255 Å². The highest BCUT2D eigenvalue weighted by Crippen LogP contribution is 2.44. The molecule has 10 aromatic carbocycles. The van der Waals surface area contributed by atoms with Gasteiger partial charge >= 0.3 is 0 Å². The molecule has 0 fully saturated rings. The second kappa shape index (κ2) is 15.7. The molecule has 0 radical (unpaired) electrons.